The summed E-state index contributed by atoms with van der Waals surface area (Å²) in [6.45, 7) is 5.03. The summed E-state index contributed by atoms with van der Waals surface area (Å²) >= 11 is 1.63. The van der Waals surface area contributed by atoms with E-state index in [2.05, 4.69) is 45.8 Å². The minimum Gasteiger partial charge on any atom is -0.492 e. The molecule has 1 N–H and O–H groups in total. The predicted molar refractivity (Wildman–Crippen MR) is 101 cm³/mol. The van der Waals surface area contributed by atoms with E-state index >= 15 is 0 Å². The number of nitrogens with one attached hydrogen (secondary N) is 1. The van der Waals surface area contributed by atoms with E-state index in [0.29, 0.717) is 12.6 Å². The van der Waals surface area contributed by atoms with Crippen molar-refractivity contribution >= 4 is 11.3 Å². The summed E-state index contributed by atoms with van der Waals surface area (Å²) in [4.78, 5) is 6.67. The Balaban J connectivity index is 1.38. The Hall–Kier alpha value is -1.47. The molecule has 5 nitrogen and oxygen atoms in total. The fraction of sp³-hybridized carbons (Fsp3) is 0.526. The van der Waals surface area contributed by atoms with Crippen LogP contribution in [0.15, 0.2) is 35.2 Å². The molecular formula is C19H27N3O2S. The molecule has 0 bridgehead atoms. The van der Waals surface area contributed by atoms with Gasteiger partial charge in [-0.15, -0.1) is 11.3 Å². The van der Waals surface area contributed by atoms with Crippen molar-refractivity contribution in [2.75, 3.05) is 33.4 Å². The third-order valence-electron chi connectivity index (χ3n) is 4.54. The van der Waals surface area contributed by atoms with Crippen molar-refractivity contribution < 1.29 is 9.47 Å². The summed E-state index contributed by atoms with van der Waals surface area (Å²) in [5, 5.41) is 5.49. The molecule has 0 radical (unpaired) electrons. The second kappa shape index (κ2) is 9.87. The van der Waals surface area contributed by atoms with Crippen LogP contribution in [0.2, 0.25) is 0 Å². The van der Waals surface area contributed by atoms with E-state index in [1.807, 2.05) is 11.6 Å². The van der Waals surface area contributed by atoms with Crippen LogP contribution >= 0.6 is 11.3 Å². The van der Waals surface area contributed by atoms with Crippen LogP contribution in [0.5, 0.6) is 5.75 Å². The summed E-state index contributed by atoms with van der Waals surface area (Å²) in [6, 6.07) is 8.94. The zero-order chi connectivity index (χ0) is 17.3. The lowest BCUT2D eigenvalue weighted by atomic mass is 10.1. The normalized spacial score (nSPS) is 15.6. The van der Waals surface area contributed by atoms with Crippen molar-refractivity contribution in [1.82, 2.24) is 15.2 Å². The Labute approximate surface area is 154 Å². The van der Waals surface area contributed by atoms with E-state index in [4.69, 9.17) is 9.47 Å². The fourth-order valence-electron chi connectivity index (χ4n) is 3.02. The van der Waals surface area contributed by atoms with Gasteiger partial charge in [-0.2, -0.15) is 0 Å². The zero-order valence-corrected chi connectivity index (χ0v) is 15.6. The van der Waals surface area contributed by atoms with Gasteiger partial charge in [0.2, 0.25) is 0 Å². The molecule has 1 aliphatic heterocycles. The van der Waals surface area contributed by atoms with Crippen molar-refractivity contribution in [2.24, 2.45) is 0 Å². The number of aromatic nitrogens is 1. The lowest BCUT2D eigenvalue weighted by Crippen LogP contribution is -2.38. The number of ether oxygens (including phenoxy) is 2. The first-order valence-electron chi connectivity index (χ1n) is 8.89. The largest absolute Gasteiger partial charge is 0.492 e. The Morgan fingerprint density at radius 3 is 3.00 bits per heavy atom. The van der Waals surface area contributed by atoms with Gasteiger partial charge in [0, 0.05) is 44.3 Å². The zero-order valence-electron chi connectivity index (χ0n) is 14.8. The minimum atomic E-state index is 0.624. The molecule has 2 heterocycles. The maximum atomic E-state index is 5.95. The van der Waals surface area contributed by atoms with E-state index in [9.17, 15) is 0 Å². The van der Waals surface area contributed by atoms with E-state index in [1.165, 1.54) is 5.56 Å². The molecule has 3 rings (SSSR count). The van der Waals surface area contributed by atoms with Gasteiger partial charge in [0.25, 0.3) is 0 Å². The van der Waals surface area contributed by atoms with Gasteiger partial charge in [0.1, 0.15) is 12.4 Å². The van der Waals surface area contributed by atoms with Gasteiger partial charge in [0.05, 0.1) is 11.2 Å². The van der Waals surface area contributed by atoms with Gasteiger partial charge in [0.15, 0.2) is 0 Å². The van der Waals surface area contributed by atoms with E-state index in [0.717, 1.165) is 57.1 Å². The van der Waals surface area contributed by atoms with Gasteiger partial charge in [-0.3, -0.25) is 4.90 Å². The number of rotatable bonds is 9. The molecule has 1 aromatic heterocycles. The predicted octanol–water partition coefficient (Wildman–Crippen LogP) is 2.92. The molecule has 136 valence electrons. The number of hydrogen-bond acceptors (Lipinski definition) is 6. The first-order chi connectivity index (χ1) is 12.3. The maximum Gasteiger partial charge on any atom is 0.119 e. The maximum absolute atomic E-state index is 5.95. The summed E-state index contributed by atoms with van der Waals surface area (Å²) < 4.78 is 11.4. The molecular weight excluding hydrogens is 334 g/mol. The highest BCUT2D eigenvalue weighted by atomic mass is 32.1. The van der Waals surface area contributed by atoms with Crippen LogP contribution in [0.25, 0.3) is 0 Å². The summed E-state index contributed by atoms with van der Waals surface area (Å²) in [7, 11) is 2.18. The molecule has 0 atom stereocenters. The molecule has 0 amide bonds. The highest BCUT2D eigenvalue weighted by molar-refractivity contribution is 7.07. The van der Waals surface area contributed by atoms with Crippen molar-refractivity contribution in [3.05, 3.63) is 46.4 Å². The third kappa shape index (κ3) is 6.08. The SMILES string of the molecule is CN(CCOc1cccc(CNCc2cscn2)c1)C1CCOCC1. The lowest BCUT2D eigenvalue weighted by molar-refractivity contribution is 0.0392. The number of hydrogen-bond donors (Lipinski definition) is 1. The Morgan fingerprint density at radius 1 is 1.32 bits per heavy atom. The van der Waals surface area contributed by atoms with Crippen LogP contribution in [0, 0.1) is 0 Å². The van der Waals surface area contributed by atoms with Gasteiger partial charge in [-0.1, -0.05) is 12.1 Å². The molecule has 2 aromatic rings. The summed E-state index contributed by atoms with van der Waals surface area (Å²) in [6.07, 6.45) is 2.24. The average Bonchev–Trinajstić information content (AvgIpc) is 3.16. The number of likely N-dealkylation sites (N-methyl/N-ethyl adjacent to an activating group) is 1. The third-order valence-corrected chi connectivity index (χ3v) is 5.18. The van der Waals surface area contributed by atoms with Crippen LogP contribution in [-0.2, 0) is 17.8 Å². The Bertz CT molecular complexity index is 615. The standard InChI is InChI=1S/C19H27N3O2S/c1-22(18-5-8-23-9-6-18)7-10-24-19-4-2-3-16(11-19)12-20-13-17-14-25-15-21-17/h2-4,11,14-15,18,20H,5-10,12-13H2,1H3. The summed E-state index contributed by atoms with van der Waals surface area (Å²) in [5.74, 6) is 0.938. The van der Waals surface area contributed by atoms with Crippen LogP contribution in [0.4, 0.5) is 0 Å². The quantitative estimate of drug-likeness (QED) is 0.744. The molecule has 0 aliphatic carbocycles. The van der Waals surface area contributed by atoms with Crippen molar-refractivity contribution in [3.63, 3.8) is 0 Å². The van der Waals surface area contributed by atoms with Crippen molar-refractivity contribution in [2.45, 2.75) is 32.0 Å². The smallest absolute Gasteiger partial charge is 0.119 e. The second-order valence-electron chi connectivity index (χ2n) is 6.40. The molecule has 0 spiro atoms. The fourth-order valence-corrected chi connectivity index (χ4v) is 3.58. The second-order valence-corrected chi connectivity index (χ2v) is 7.12. The molecule has 0 saturated carbocycles. The van der Waals surface area contributed by atoms with Gasteiger partial charge in [-0.25, -0.2) is 4.98 Å². The number of nitrogens with zero attached hydrogens (tertiary/aromatic N) is 2. The van der Waals surface area contributed by atoms with Crippen molar-refractivity contribution in [1.29, 1.82) is 0 Å². The Kier molecular flexibility index (Phi) is 7.23. The average molecular weight is 362 g/mol. The first kappa shape index (κ1) is 18.3. The Morgan fingerprint density at radius 2 is 2.20 bits per heavy atom. The number of thiazole rings is 1. The van der Waals surface area contributed by atoms with Crippen LogP contribution in [0.1, 0.15) is 24.1 Å². The monoisotopic (exact) mass is 361 g/mol. The highest BCUT2D eigenvalue weighted by Gasteiger charge is 2.17. The molecule has 1 fully saturated rings. The lowest BCUT2D eigenvalue weighted by Gasteiger charge is -2.31. The highest BCUT2D eigenvalue weighted by Crippen LogP contribution is 2.15. The molecule has 6 heteroatoms. The molecule has 1 aliphatic rings. The van der Waals surface area contributed by atoms with E-state index < -0.39 is 0 Å². The van der Waals surface area contributed by atoms with Crippen LogP contribution in [-0.4, -0.2) is 49.3 Å². The van der Waals surface area contributed by atoms with Gasteiger partial charge >= 0.3 is 0 Å². The molecule has 1 saturated heterocycles. The van der Waals surface area contributed by atoms with E-state index in [-0.39, 0.29) is 0 Å². The van der Waals surface area contributed by atoms with Crippen LogP contribution < -0.4 is 10.1 Å². The first-order valence-corrected chi connectivity index (χ1v) is 9.83. The van der Waals surface area contributed by atoms with Crippen molar-refractivity contribution in [3.8, 4) is 5.75 Å². The van der Waals surface area contributed by atoms with Gasteiger partial charge < -0.3 is 14.8 Å². The minimum absolute atomic E-state index is 0.624. The topological polar surface area (TPSA) is 46.6 Å². The molecule has 1 aromatic carbocycles. The number of benzene rings is 1. The van der Waals surface area contributed by atoms with E-state index in [1.54, 1.807) is 11.3 Å². The van der Waals surface area contributed by atoms with Crippen LogP contribution in [0.3, 0.4) is 0 Å². The van der Waals surface area contributed by atoms with Gasteiger partial charge in [-0.05, 0) is 37.6 Å². The molecule has 25 heavy (non-hydrogen) atoms. The molecule has 0 unspecified atom stereocenters. The summed E-state index contributed by atoms with van der Waals surface area (Å²) in [5.41, 5.74) is 4.18.